The number of hydrogen-bond acceptors (Lipinski definition) is 5. The lowest BCUT2D eigenvalue weighted by molar-refractivity contribution is -0.132. The first-order valence-electron chi connectivity index (χ1n) is 11.5. The molecular formula is C27H28N4O3. The quantitative estimate of drug-likeness (QED) is 0.421. The summed E-state index contributed by atoms with van der Waals surface area (Å²) in [4.78, 5) is 22.2. The number of carbonyl (C=O) groups excluding carboxylic acids is 1. The molecule has 5 rings (SSSR count). The fourth-order valence-corrected chi connectivity index (χ4v) is 4.32. The van der Waals surface area contributed by atoms with Crippen LogP contribution in [0.4, 0.5) is 5.69 Å². The monoisotopic (exact) mass is 456 g/mol. The molecule has 7 nitrogen and oxygen atoms in total. The summed E-state index contributed by atoms with van der Waals surface area (Å²) >= 11 is 0. The normalized spacial score (nSPS) is 13.8. The van der Waals surface area contributed by atoms with Gasteiger partial charge in [-0.2, -0.15) is 0 Å². The van der Waals surface area contributed by atoms with Crippen LogP contribution < -0.4 is 14.4 Å². The maximum Gasteiger partial charge on any atom is 0.242 e. The Morgan fingerprint density at radius 2 is 1.56 bits per heavy atom. The number of imidazole rings is 1. The number of carbonyl (C=O) groups is 1. The second-order valence-electron chi connectivity index (χ2n) is 8.27. The Kier molecular flexibility index (Phi) is 6.33. The van der Waals surface area contributed by atoms with E-state index in [4.69, 9.17) is 14.5 Å². The van der Waals surface area contributed by atoms with Crippen LogP contribution in [0, 0.1) is 0 Å². The molecule has 1 aliphatic rings. The third-order valence-electron chi connectivity index (χ3n) is 6.21. The molecule has 2 heterocycles. The number of aromatic nitrogens is 2. The van der Waals surface area contributed by atoms with Gasteiger partial charge in [0.15, 0.2) is 0 Å². The number of hydrogen-bond donors (Lipinski definition) is 0. The Morgan fingerprint density at radius 1 is 0.853 bits per heavy atom. The van der Waals surface area contributed by atoms with E-state index in [9.17, 15) is 4.79 Å². The molecule has 1 aliphatic heterocycles. The summed E-state index contributed by atoms with van der Waals surface area (Å²) in [5.41, 5.74) is 2.96. The van der Waals surface area contributed by atoms with Gasteiger partial charge in [0.1, 0.15) is 30.5 Å². The van der Waals surface area contributed by atoms with E-state index in [1.165, 1.54) is 0 Å². The highest BCUT2D eigenvalue weighted by Crippen LogP contribution is 2.22. The fraction of sp³-hybridized carbons (Fsp3) is 0.259. The molecule has 0 atom stereocenters. The number of ether oxygens (including phenoxy) is 2. The Balaban J connectivity index is 1.26. The van der Waals surface area contributed by atoms with Gasteiger partial charge in [-0.15, -0.1) is 0 Å². The molecule has 3 aromatic carbocycles. The van der Waals surface area contributed by atoms with Gasteiger partial charge < -0.3 is 23.8 Å². The van der Waals surface area contributed by atoms with Gasteiger partial charge in [-0.1, -0.05) is 30.3 Å². The molecule has 4 aromatic rings. The highest BCUT2D eigenvalue weighted by atomic mass is 16.5. The molecule has 7 heteroatoms. The molecule has 0 radical (unpaired) electrons. The maximum absolute atomic E-state index is 13.3. The van der Waals surface area contributed by atoms with Crippen molar-refractivity contribution in [2.75, 3.05) is 38.2 Å². The summed E-state index contributed by atoms with van der Waals surface area (Å²) in [6.07, 6.45) is 0. The second kappa shape index (κ2) is 9.87. The molecule has 1 amide bonds. The van der Waals surface area contributed by atoms with Gasteiger partial charge in [-0.25, -0.2) is 4.98 Å². The average Bonchev–Trinajstić information content (AvgIpc) is 3.25. The van der Waals surface area contributed by atoms with Crippen molar-refractivity contribution in [3.8, 4) is 11.5 Å². The largest absolute Gasteiger partial charge is 0.497 e. The predicted molar refractivity (Wildman–Crippen MR) is 132 cm³/mol. The van der Waals surface area contributed by atoms with Crippen molar-refractivity contribution in [1.29, 1.82) is 0 Å². The van der Waals surface area contributed by atoms with Gasteiger partial charge in [-0.3, -0.25) is 4.79 Å². The molecule has 0 bridgehead atoms. The van der Waals surface area contributed by atoms with E-state index in [1.807, 2.05) is 76.2 Å². The lowest BCUT2D eigenvalue weighted by Crippen LogP contribution is -2.49. The lowest BCUT2D eigenvalue weighted by Gasteiger charge is -2.36. The predicted octanol–water partition coefficient (Wildman–Crippen LogP) is 3.97. The molecule has 34 heavy (non-hydrogen) atoms. The number of fused-ring (bicyclic) bond motifs is 1. The van der Waals surface area contributed by atoms with Crippen molar-refractivity contribution in [2.45, 2.75) is 13.2 Å². The van der Waals surface area contributed by atoms with Gasteiger partial charge in [0, 0.05) is 31.9 Å². The fourth-order valence-electron chi connectivity index (χ4n) is 4.32. The van der Waals surface area contributed by atoms with Gasteiger partial charge in [0.05, 0.1) is 18.1 Å². The van der Waals surface area contributed by atoms with E-state index in [2.05, 4.69) is 17.0 Å². The molecule has 0 N–H and O–H groups in total. The summed E-state index contributed by atoms with van der Waals surface area (Å²) in [6.45, 7) is 3.52. The minimum atomic E-state index is 0.0958. The number of piperazine rings is 1. The van der Waals surface area contributed by atoms with E-state index in [0.29, 0.717) is 19.7 Å². The molecule has 0 aliphatic carbocycles. The molecule has 1 saturated heterocycles. The average molecular weight is 457 g/mol. The van der Waals surface area contributed by atoms with Gasteiger partial charge in [0.25, 0.3) is 0 Å². The van der Waals surface area contributed by atoms with E-state index in [-0.39, 0.29) is 12.5 Å². The Hall–Kier alpha value is -4.00. The maximum atomic E-state index is 13.3. The van der Waals surface area contributed by atoms with Crippen LogP contribution in [-0.4, -0.2) is 53.6 Å². The standard InChI is InChI=1S/C27H28N4O3/c1-33-22-13-11-21(12-14-22)29-15-17-30(18-16-29)27(32)19-31-25-10-6-5-9-24(25)28-26(31)20-34-23-7-3-2-4-8-23/h2-14H,15-20H2,1H3. The van der Waals surface area contributed by atoms with Gasteiger partial charge in [0.2, 0.25) is 5.91 Å². The smallest absolute Gasteiger partial charge is 0.242 e. The van der Waals surface area contributed by atoms with Crippen molar-refractivity contribution in [1.82, 2.24) is 14.5 Å². The summed E-state index contributed by atoms with van der Waals surface area (Å²) in [6, 6.07) is 25.6. The van der Waals surface area contributed by atoms with Crippen LogP contribution in [0.3, 0.4) is 0 Å². The summed E-state index contributed by atoms with van der Waals surface area (Å²) < 4.78 is 13.2. The summed E-state index contributed by atoms with van der Waals surface area (Å²) in [5.74, 6) is 2.47. The van der Waals surface area contributed by atoms with Crippen LogP contribution >= 0.6 is 0 Å². The number of benzene rings is 3. The van der Waals surface area contributed by atoms with Crippen molar-refractivity contribution in [3.05, 3.63) is 84.7 Å². The van der Waals surface area contributed by atoms with Crippen LogP contribution in [0.5, 0.6) is 11.5 Å². The SMILES string of the molecule is COc1ccc(N2CCN(C(=O)Cn3c(COc4ccccc4)nc4ccccc43)CC2)cc1. The molecule has 0 unspecified atom stereocenters. The first-order valence-corrected chi connectivity index (χ1v) is 11.5. The Labute approximate surface area is 199 Å². The van der Waals surface area contributed by atoms with E-state index < -0.39 is 0 Å². The van der Waals surface area contributed by atoms with Crippen LogP contribution in [-0.2, 0) is 17.9 Å². The topological polar surface area (TPSA) is 59.8 Å². The highest BCUT2D eigenvalue weighted by Gasteiger charge is 2.23. The van der Waals surface area contributed by atoms with E-state index >= 15 is 0 Å². The zero-order chi connectivity index (χ0) is 23.3. The summed E-state index contributed by atoms with van der Waals surface area (Å²) in [5, 5.41) is 0. The van der Waals surface area contributed by atoms with Crippen LogP contribution in [0.2, 0.25) is 0 Å². The third-order valence-corrected chi connectivity index (χ3v) is 6.21. The van der Waals surface area contributed by atoms with Crippen molar-refractivity contribution in [2.24, 2.45) is 0 Å². The highest BCUT2D eigenvalue weighted by molar-refractivity contribution is 5.81. The van der Waals surface area contributed by atoms with Gasteiger partial charge >= 0.3 is 0 Å². The van der Waals surface area contributed by atoms with Crippen molar-refractivity contribution in [3.63, 3.8) is 0 Å². The zero-order valence-electron chi connectivity index (χ0n) is 19.3. The number of para-hydroxylation sites is 3. The lowest BCUT2D eigenvalue weighted by atomic mass is 10.2. The van der Waals surface area contributed by atoms with Crippen LogP contribution in [0.15, 0.2) is 78.9 Å². The molecule has 174 valence electrons. The van der Waals surface area contributed by atoms with Crippen molar-refractivity contribution < 1.29 is 14.3 Å². The number of amides is 1. The first kappa shape index (κ1) is 21.8. The molecule has 0 saturated carbocycles. The van der Waals surface area contributed by atoms with Crippen LogP contribution in [0.1, 0.15) is 5.82 Å². The zero-order valence-corrected chi connectivity index (χ0v) is 19.3. The summed E-state index contributed by atoms with van der Waals surface area (Å²) in [7, 11) is 1.67. The minimum absolute atomic E-state index is 0.0958. The number of anilines is 1. The molecule has 0 spiro atoms. The third kappa shape index (κ3) is 4.69. The molecule has 1 fully saturated rings. The van der Waals surface area contributed by atoms with E-state index in [1.54, 1.807) is 7.11 Å². The first-order chi connectivity index (χ1) is 16.7. The van der Waals surface area contributed by atoms with Crippen molar-refractivity contribution >= 4 is 22.6 Å². The van der Waals surface area contributed by atoms with E-state index in [0.717, 1.165) is 47.1 Å². The Bertz CT molecular complexity index is 1250. The molecule has 1 aromatic heterocycles. The molecular weight excluding hydrogens is 428 g/mol. The second-order valence-corrected chi connectivity index (χ2v) is 8.27. The number of methoxy groups -OCH3 is 1. The van der Waals surface area contributed by atoms with Crippen LogP contribution in [0.25, 0.3) is 11.0 Å². The number of nitrogens with zero attached hydrogens (tertiary/aromatic N) is 4. The van der Waals surface area contributed by atoms with Gasteiger partial charge in [-0.05, 0) is 48.5 Å². The Morgan fingerprint density at radius 3 is 2.29 bits per heavy atom. The minimum Gasteiger partial charge on any atom is -0.497 e. The number of rotatable bonds is 7.